The van der Waals surface area contributed by atoms with E-state index in [1.807, 2.05) is 18.9 Å². The van der Waals surface area contributed by atoms with Crippen LogP contribution in [0.15, 0.2) is 11.4 Å². The van der Waals surface area contributed by atoms with E-state index in [0.29, 0.717) is 5.91 Å². The predicted octanol–water partition coefficient (Wildman–Crippen LogP) is 2.45. The van der Waals surface area contributed by atoms with Gasteiger partial charge in [0, 0.05) is 26.7 Å². The Morgan fingerprint density at radius 3 is 3.00 bits per heavy atom. The van der Waals surface area contributed by atoms with Gasteiger partial charge in [0.05, 0.1) is 10.8 Å². The Hall–Kier alpha value is -1.69. The van der Waals surface area contributed by atoms with Crippen LogP contribution in [0.3, 0.4) is 0 Å². The summed E-state index contributed by atoms with van der Waals surface area (Å²) < 4.78 is 0. The van der Waals surface area contributed by atoms with Crippen LogP contribution in [0.1, 0.15) is 25.1 Å². The van der Waals surface area contributed by atoms with Gasteiger partial charge in [0.2, 0.25) is 5.91 Å². The van der Waals surface area contributed by atoms with Gasteiger partial charge < -0.3 is 9.80 Å². The zero-order chi connectivity index (χ0) is 15.3. The second kappa shape index (κ2) is 4.91. The van der Waals surface area contributed by atoms with Crippen LogP contribution in [-0.4, -0.2) is 47.5 Å². The van der Waals surface area contributed by atoms with Crippen LogP contribution in [0.25, 0.3) is 10.2 Å². The number of hydrogen-bond donors (Lipinski definition) is 0. The van der Waals surface area contributed by atoms with Crippen molar-refractivity contribution in [1.29, 1.82) is 0 Å². The first-order chi connectivity index (χ1) is 10.6. The molecule has 1 atom stereocenters. The van der Waals surface area contributed by atoms with E-state index >= 15 is 0 Å². The first kappa shape index (κ1) is 13.9. The predicted molar refractivity (Wildman–Crippen MR) is 88.3 cm³/mol. The molecule has 2 fully saturated rings. The summed E-state index contributed by atoms with van der Waals surface area (Å²) in [5.74, 6) is 2.12. The number of carbonyl (C=O) groups excluding carboxylic acids is 1. The average Bonchev–Trinajstić information content (AvgIpc) is 3.11. The van der Waals surface area contributed by atoms with Crippen LogP contribution in [0.5, 0.6) is 0 Å². The number of piperidine rings is 1. The number of hydrogen-bond acceptors (Lipinski definition) is 5. The molecule has 0 radical (unpaired) electrons. The molecule has 2 aromatic heterocycles. The molecule has 2 aliphatic rings. The second-order valence-corrected chi connectivity index (χ2v) is 7.41. The SMILES string of the molecule is Cc1nc(N2CCC3(CCCN(C)C3=O)C2)c2ccsc2n1. The highest BCUT2D eigenvalue weighted by atomic mass is 32.1. The van der Waals surface area contributed by atoms with Crippen LogP contribution in [0, 0.1) is 12.3 Å². The third-order valence-corrected chi connectivity index (χ3v) is 5.83. The van der Waals surface area contributed by atoms with Crippen LogP contribution in [-0.2, 0) is 4.79 Å². The van der Waals surface area contributed by atoms with E-state index in [2.05, 4.69) is 26.3 Å². The highest BCUT2D eigenvalue weighted by Gasteiger charge is 2.48. The number of likely N-dealkylation sites (tertiary alicyclic amines) is 1. The van der Waals surface area contributed by atoms with E-state index in [0.717, 1.165) is 60.8 Å². The molecular formula is C16H20N4OS. The first-order valence-electron chi connectivity index (χ1n) is 7.81. The van der Waals surface area contributed by atoms with Crippen molar-refractivity contribution in [3.05, 3.63) is 17.3 Å². The van der Waals surface area contributed by atoms with Gasteiger partial charge in [-0.2, -0.15) is 0 Å². The molecule has 2 saturated heterocycles. The lowest BCUT2D eigenvalue weighted by Crippen LogP contribution is -2.48. The highest BCUT2D eigenvalue weighted by Crippen LogP contribution is 2.42. The molecule has 0 bridgehead atoms. The van der Waals surface area contributed by atoms with Crippen LogP contribution >= 0.6 is 11.3 Å². The Balaban J connectivity index is 1.70. The summed E-state index contributed by atoms with van der Waals surface area (Å²) in [6.45, 7) is 4.52. The number of rotatable bonds is 1. The topological polar surface area (TPSA) is 49.3 Å². The Morgan fingerprint density at radius 2 is 2.14 bits per heavy atom. The molecule has 2 aliphatic heterocycles. The number of aryl methyl sites for hydroxylation is 1. The number of thiophene rings is 1. The zero-order valence-electron chi connectivity index (χ0n) is 13.0. The number of aromatic nitrogens is 2. The van der Waals surface area contributed by atoms with E-state index in [9.17, 15) is 4.79 Å². The number of carbonyl (C=O) groups is 1. The molecule has 1 amide bonds. The number of anilines is 1. The Labute approximate surface area is 134 Å². The number of nitrogens with zero attached hydrogens (tertiary/aromatic N) is 4. The summed E-state index contributed by atoms with van der Waals surface area (Å²) in [7, 11) is 1.93. The number of amides is 1. The van der Waals surface area contributed by atoms with E-state index in [-0.39, 0.29) is 5.41 Å². The second-order valence-electron chi connectivity index (χ2n) is 6.52. The first-order valence-corrected chi connectivity index (χ1v) is 8.69. The molecule has 4 heterocycles. The largest absolute Gasteiger partial charge is 0.355 e. The molecule has 0 N–H and O–H groups in total. The molecule has 1 spiro atoms. The maximum absolute atomic E-state index is 12.7. The van der Waals surface area contributed by atoms with Crippen molar-refractivity contribution in [2.75, 3.05) is 31.6 Å². The van der Waals surface area contributed by atoms with Gasteiger partial charge in [0.1, 0.15) is 16.5 Å². The van der Waals surface area contributed by atoms with Gasteiger partial charge in [0.25, 0.3) is 0 Å². The van der Waals surface area contributed by atoms with Gasteiger partial charge in [-0.1, -0.05) is 0 Å². The monoisotopic (exact) mass is 316 g/mol. The molecule has 2 aromatic rings. The molecule has 4 rings (SSSR count). The highest BCUT2D eigenvalue weighted by molar-refractivity contribution is 7.16. The van der Waals surface area contributed by atoms with Gasteiger partial charge in [0.15, 0.2) is 0 Å². The van der Waals surface area contributed by atoms with Crippen LogP contribution < -0.4 is 4.90 Å². The fraction of sp³-hybridized carbons (Fsp3) is 0.562. The van der Waals surface area contributed by atoms with E-state index in [4.69, 9.17) is 0 Å². The molecule has 0 aromatic carbocycles. The third kappa shape index (κ3) is 2.00. The summed E-state index contributed by atoms with van der Waals surface area (Å²) >= 11 is 1.65. The lowest BCUT2D eigenvalue weighted by Gasteiger charge is -2.37. The summed E-state index contributed by atoms with van der Waals surface area (Å²) in [5, 5.41) is 3.18. The maximum atomic E-state index is 12.7. The summed E-state index contributed by atoms with van der Waals surface area (Å²) in [6.07, 6.45) is 3.04. The Morgan fingerprint density at radius 1 is 1.27 bits per heavy atom. The lowest BCUT2D eigenvalue weighted by atomic mass is 9.78. The number of fused-ring (bicyclic) bond motifs is 1. The van der Waals surface area contributed by atoms with E-state index < -0.39 is 0 Å². The molecular weight excluding hydrogens is 296 g/mol. The zero-order valence-corrected chi connectivity index (χ0v) is 13.8. The van der Waals surface area contributed by atoms with Crippen molar-refractivity contribution < 1.29 is 4.79 Å². The summed E-state index contributed by atoms with van der Waals surface area (Å²) in [6, 6.07) is 2.09. The molecule has 1 unspecified atom stereocenters. The average molecular weight is 316 g/mol. The molecule has 116 valence electrons. The van der Waals surface area contributed by atoms with Gasteiger partial charge in [-0.3, -0.25) is 4.79 Å². The summed E-state index contributed by atoms with van der Waals surface area (Å²) in [5.41, 5.74) is -0.200. The smallest absolute Gasteiger partial charge is 0.230 e. The molecule has 6 heteroatoms. The Kier molecular flexibility index (Phi) is 3.11. The van der Waals surface area contributed by atoms with Gasteiger partial charge in [-0.25, -0.2) is 9.97 Å². The quantitative estimate of drug-likeness (QED) is 0.811. The third-order valence-electron chi connectivity index (χ3n) is 5.02. The standard InChI is InChI=1S/C16H20N4OS/c1-11-17-13(12-4-9-22-14(12)18-11)20-8-6-16(10-20)5-3-7-19(2)15(16)21/h4,9H,3,5-8,10H2,1-2H3. The maximum Gasteiger partial charge on any atom is 0.230 e. The van der Waals surface area contributed by atoms with E-state index in [1.54, 1.807) is 11.3 Å². The van der Waals surface area contributed by atoms with E-state index in [1.165, 1.54) is 0 Å². The minimum Gasteiger partial charge on any atom is -0.355 e. The fourth-order valence-corrected chi connectivity index (χ4v) is 4.69. The normalized spacial score (nSPS) is 25.6. The minimum absolute atomic E-state index is 0.200. The van der Waals surface area contributed by atoms with Crippen molar-refractivity contribution in [2.24, 2.45) is 5.41 Å². The van der Waals surface area contributed by atoms with Crippen LogP contribution in [0.2, 0.25) is 0 Å². The molecule has 0 aliphatic carbocycles. The van der Waals surface area contributed by atoms with Gasteiger partial charge in [-0.15, -0.1) is 11.3 Å². The van der Waals surface area contributed by atoms with Crippen molar-refractivity contribution in [2.45, 2.75) is 26.2 Å². The van der Waals surface area contributed by atoms with Gasteiger partial charge in [-0.05, 0) is 37.6 Å². The van der Waals surface area contributed by atoms with Crippen molar-refractivity contribution in [3.8, 4) is 0 Å². The Bertz CT molecular complexity index is 743. The van der Waals surface area contributed by atoms with Gasteiger partial charge >= 0.3 is 0 Å². The lowest BCUT2D eigenvalue weighted by molar-refractivity contribution is -0.143. The molecule has 5 nitrogen and oxygen atoms in total. The van der Waals surface area contributed by atoms with Crippen LogP contribution in [0.4, 0.5) is 5.82 Å². The molecule has 22 heavy (non-hydrogen) atoms. The minimum atomic E-state index is -0.200. The van der Waals surface area contributed by atoms with Crippen molar-refractivity contribution in [1.82, 2.24) is 14.9 Å². The van der Waals surface area contributed by atoms with Crippen molar-refractivity contribution >= 4 is 33.3 Å². The van der Waals surface area contributed by atoms with Crippen molar-refractivity contribution in [3.63, 3.8) is 0 Å². The summed E-state index contributed by atoms with van der Waals surface area (Å²) in [4.78, 5) is 27.1. The molecule has 0 saturated carbocycles. The fourth-order valence-electron chi connectivity index (χ4n) is 3.88.